The van der Waals surface area contributed by atoms with Crippen molar-refractivity contribution in [1.29, 1.82) is 0 Å². The Bertz CT molecular complexity index is 400. The van der Waals surface area contributed by atoms with E-state index in [2.05, 4.69) is 29.6 Å². The highest BCUT2D eigenvalue weighted by Crippen LogP contribution is 2.36. The maximum Gasteiger partial charge on any atom is 0.0672 e. The molecule has 0 amide bonds. The molecule has 1 aromatic carbocycles. The van der Waals surface area contributed by atoms with Crippen LogP contribution >= 0.6 is 0 Å². The third-order valence-electron chi connectivity index (χ3n) is 4.28. The summed E-state index contributed by atoms with van der Waals surface area (Å²) in [5.74, 6) is 0.854. The number of aliphatic hydroxyl groups is 1. The van der Waals surface area contributed by atoms with Gasteiger partial charge in [-0.05, 0) is 55.7 Å². The van der Waals surface area contributed by atoms with Gasteiger partial charge in [0.25, 0.3) is 0 Å². The third kappa shape index (κ3) is 2.12. The highest BCUT2D eigenvalue weighted by Gasteiger charge is 2.36. The molecule has 0 aromatic heterocycles. The van der Waals surface area contributed by atoms with Crippen molar-refractivity contribution in [3.8, 4) is 0 Å². The summed E-state index contributed by atoms with van der Waals surface area (Å²) in [5.41, 5.74) is 2.57. The van der Waals surface area contributed by atoms with Crippen molar-refractivity contribution in [2.24, 2.45) is 5.92 Å². The second-order valence-electron chi connectivity index (χ2n) is 5.58. The van der Waals surface area contributed by atoms with Crippen molar-refractivity contribution >= 4 is 0 Å². The molecule has 92 valence electrons. The van der Waals surface area contributed by atoms with Gasteiger partial charge in [-0.15, -0.1) is 0 Å². The first-order valence-corrected chi connectivity index (χ1v) is 6.78. The van der Waals surface area contributed by atoms with Gasteiger partial charge in [0.05, 0.1) is 12.1 Å². The number of nitrogens with one attached hydrogen (secondary N) is 1. The van der Waals surface area contributed by atoms with Gasteiger partial charge in [0.15, 0.2) is 0 Å². The summed E-state index contributed by atoms with van der Waals surface area (Å²) in [5, 5.41) is 13.5. The van der Waals surface area contributed by atoms with E-state index in [0.29, 0.717) is 0 Å². The van der Waals surface area contributed by atoms with Crippen LogP contribution in [0, 0.1) is 5.92 Å². The predicted octanol–water partition coefficient (Wildman–Crippen LogP) is 2.21. The Labute approximate surface area is 103 Å². The average Bonchev–Trinajstić information content (AvgIpc) is 3.20. The molecular weight excluding hydrogens is 210 g/mol. The summed E-state index contributed by atoms with van der Waals surface area (Å²) in [7, 11) is 0. The van der Waals surface area contributed by atoms with Gasteiger partial charge in [0, 0.05) is 0 Å². The molecule has 2 N–H and O–H groups in total. The van der Waals surface area contributed by atoms with Crippen LogP contribution in [0.3, 0.4) is 0 Å². The molecule has 0 radical (unpaired) electrons. The fourth-order valence-corrected chi connectivity index (χ4v) is 2.99. The van der Waals surface area contributed by atoms with E-state index in [4.69, 9.17) is 0 Å². The molecule has 0 heterocycles. The van der Waals surface area contributed by atoms with Crippen molar-refractivity contribution in [1.82, 2.24) is 5.32 Å². The van der Waals surface area contributed by atoms with Gasteiger partial charge in [-0.25, -0.2) is 0 Å². The van der Waals surface area contributed by atoms with Crippen LogP contribution in [0.4, 0.5) is 0 Å². The quantitative estimate of drug-likeness (QED) is 0.832. The second-order valence-corrected chi connectivity index (χ2v) is 5.58. The first kappa shape index (κ1) is 11.2. The summed E-state index contributed by atoms with van der Waals surface area (Å²) in [4.78, 5) is 0. The largest absolute Gasteiger partial charge is 0.394 e. The van der Waals surface area contributed by atoms with E-state index in [1.807, 2.05) is 0 Å². The van der Waals surface area contributed by atoms with Gasteiger partial charge < -0.3 is 10.4 Å². The Morgan fingerprint density at radius 3 is 2.88 bits per heavy atom. The normalized spacial score (nSPS) is 27.8. The average molecular weight is 231 g/mol. The molecule has 1 fully saturated rings. The van der Waals surface area contributed by atoms with Crippen LogP contribution < -0.4 is 5.32 Å². The molecule has 0 saturated heterocycles. The van der Waals surface area contributed by atoms with E-state index >= 15 is 0 Å². The molecule has 3 rings (SSSR count). The molecule has 1 unspecified atom stereocenters. The standard InChI is InChI=1S/C15H21NO/c17-11-15(16-10-12-7-8-12)9-3-5-13-4-1-2-6-14(13)15/h1-2,4,6,12,16-17H,3,5,7-11H2. The first-order valence-electron chi connectivity index (χ1n) is 6.78. The van der Waals surface area contributed by atoms with Crippen LogP contribution in [0.2, 0.25) is 0 Å². The summed E-state index contributed by atoms with van der Waals surface area (Å²) in [6.45, 7) is 1.28. The van der Waals surface area contributed by atoms with Gasteiger partial charge in [-0.3, -0.25) is 0 Å². The lowest BCUT2D eigenvalue weighted by molar-refractivity contribution is 0.140. The fourth-order valence-electron chi connectivity index (χ4n) is 2.99. The van der Waals surface area contributed by atoms with Crippen LogP contribution in [-0.4, -0.2) is 18.3 Å². The fraction of sp³-hybridized carbons (Fsp3) is 0.600. The number of rotatable bonds is 4. The molecule has 2 aliphatic carbocycles. The van der Waals surface area contributed by atoms with E-state index < -0.39 is 0 Å². The highest BCUT2D eigenvalue weighted by atomic mass is 16.3. The van der Waals surface area contributed by atoms with Crippen LogP contribution in [0.25, 0.3) is 0 Å². The van der Waals surface area contributed by atoms with Crippen LogP contribution in [0.1, 0.15) is 36.8 Å². The lowest BCUT2D eigenvalue weighted by Gasteiger charge is -2.39. The number of hydrogen-bond acceptors (Lipinski definition) is 2. The summed E-state index contributed by atoms with van der Waals surface area (Å²) < 4.78 is 0. The SMILES string of the molecule is OCC1(NCC2CC2)CCCc2ccccc21. The molecular formula is C15H21NO. The molecule has 0 bridgehead atoms. The molecule has 1 saturated carbocycles. The smallest absolute Gasteiger partial charge is 0.0672 e. The zero-order chi connectivity index (χ0) is 11.7. The third-order valence-corrected chi connectivity index (χ3v) is 4.28. The van der Waals surface area contributed by atoms with E-state index in [-0.39, 0.29) is 12.1 Å². The second kappa shape index (κ2) is 4.43. The van der Waals surface area contributed by atoms with Gasteiger partial charge in [0.1, 0.15) is 0 Å². The molecule has 2 heteroatoms. The minimum Gasteiger partial charge on any atom is -0.394 e. The van der Waals surface area contributed by atoms with Crippen molar-refractivity contribution < 1.29 is 5.11 Å². The Balaban J connectivity index is 1.87. The van der Waals surface area contributed by atoms with Crippen molar-refractivity contribution in [3.63, 3.8) is 0 Å². The van der Waals surface area contributed by atoms with E-state index in [9.17, 15) is 5.11 Å². The van der Waals surface area contributed by atoms with Crippen LogP contribution in [0.5, 0.6) is 0 Å². The van der Waals surface area contributed by atoms with E-state index in [0.717, 1.165) is 25.3 Å². The van der Waals surface area contributed by atoms with Gasteiger partial charge in [0.2, 0.25) is 0 Å². The van der Waals surface area contributed by atoms with Gasteiger partial charge >= 0.3 is 0 Å². The lowest BCUT2D eigenvalue weighted by Crippen LogP contribution is -2.48. The first-order chi connectivity index (χ1) is 8.34. The topological polar surface area (TPSA) is 32.3 Å². The summed E-state index contributed by atoms with van der Waals surface area (Å²) >= 11 is 0. The van der Waals surface area contributed by atoms with Crippen molar-refractivity contribution in [3.05, 3.63) is 35.4 Å². The molecule has 0 aliphatic heterocycles. The summed E-state index contributed by atoms with van der Waals surface area (Å²) in [6, 6.07) is 8.59. The number of aliphatic hydroxyl groups excluding tert-OH is 1. The van der Waals surface area contributed by atoms with Crippen molar-refractivity contribution in [2.75, 3.05) is 13.2 Å². The molecule has 17 heavy (non-hydrogen) atoms. The van der Waals surface area contributed by atoms with Gasteiger partial charge in [-0.2, -0.15) is 0 Å². The van der Waals surface area contributed by atoms with E-state index in [1.54, 1.807) is 0 Å². The molecule has 2 aliphatic rings. The maximum absolute atomic E-state index is 9.86. The summed E-state index contributed by atoms with van der Waals surface area (Å²) in [6.07, 6.45) is 6.11. The van der Waals surface area contributed by atoms with Crippen LogP contribution in [-0.2, 0) is 12.0 Å². The van der Waals surface area contributed by atoms with Gasteiger partial charge in [-0.1, -0.05) is 24.3 Å². The Hall–Kier alpha value is -0.860. The van der Waals surface area contributed by atoms with Crippen LogP contribution in [0.15, 0.2) is 24.3 Å². The number of benzene rings is 1. The van der Waals surface area contributed by atoms with Crippen molar-refractivity contribution in [2.45, 2.75) is 37.6 Å². The molecule has 1 aromatic rings. The Kier molecular flexibility index (Phi) is 2.93. The number of hydrogen-bond donors (Lipinski definition) is 2. The predicted molar refractivity (Wildman–Crippen MR) is 68.9 cm³/mol. The minimum absolute atomic E-state index is 0.169. The molecule has 1 atom stereocenters. The number of fused-ring (bicyclic) bond motifs is 1. The zero-order valence-electron chi connectivity index (χ0n) is 10.3. The molecule has 0 spiro atoms. The Morgan fingerprint density at radius 2 is 2.12 bits per heavy atom. The number of aryl methyl sites for hydroxylation is 1. The Morgan fingerprint density at radius 1 is 1.29 bits per heavy atom. The monoisotopic (exact) mass is 231 g/mol. The zero-order valence-corrected chi connectivity index (χ0v) is 10.3. The van der Waals surface area contributed by atoms with E-state index in [1.165, 1.54) is 30.4 Å². The minimum atomic E-state index is -0.169. The maximum atomic E-state index is 9.86. The molecule has 2 nitrogen and oxygen atoms in total. The highest BCUT2D eigenvalue weighted by molar-refractivity contribution is 5.36. The lowest BCUT2D eigenvalue weighted by atomic mass is 9.77.